The molecule has 0 bridgehead atoms. The lowest BCUT2D eigenvalue weighted by molar-refractivity contribution is 0.0987. The number of benzene rings is 2. The van der Waals surface area contributed by atoms with E-state index in [1.807, 2.05) is 6.07 Å². The van der Waals surface area contributed by atoms with Gasteiger partial charge in [-0.15, -0.1) is 0 Å². The molecule has 8 heteroatoms. The van der Waals surface area contributed by atoms with Crippen LogP contribution >= 0.6 is 15.9 Å². The highest BCUT2D eigenvalue weighted by molar-refractivity contribution is 9.10. The minimum Gasteiger partial charge on any atom is -0.356 e. The van der Waals surface area contributed by atoms with Crippen LogP contribution in [0.3, 0.4) is 0 Å². The van der Waals surface area contributed by atoms with E-state index in [0.29, 0.717) is 39.3 Å². The Kier molecular flexibility index (Phi) is 5.24. The van der Waals surface area contributed by atoms with Crippen LogP contribution in [0.1, 0.15) is 18.4 Å². The van der Waals surface area contributed by atoms with Crippen molar-refractivity contribution in [2.24, 2.45) is 0 Å². The second kappa shape index (κ2) is 7.50. The lowest BCUT2D eigenvalue weighted by atomic mass is 10.0. The maximum atomic E-state index is 13.4. The molecule has 0 amide bonds. The second-order valence-electron chi connectivity index (χ2n) is 6.81. The van der Waals surface area contributed by atoms with Crippen LogP contribution in [0.25, 0.3) is 0 Å². The van der Waals surface area contributed by atoms with Crippen LogP contribution in [-0.4, -0.2) is 38.6 Å². The van der Waals surface area contributed by atoms with Crippen molar-refractivity contribution >= 4 is 31.6 Å². The van der Waals surface area contributed by atoms with Gasteiger partial charge in [-0.2, -0.15) is 4.31 Å². The Balaban J connectivity index is 1.49. The van der Waals surface area contributed by atoms with E-state index in [1.54, 1.807) is 0 Å². The number of rotatable bonds is 3. The van der Waals surface area contributed by atoms with Gasteiger partial charge in [0, 0.05) is 34.9 Å². The molecular weight excluding hydrogens is 435 g/mol. The maximum absolute atomic E-state index is 13.4. The summed E-state index contributed by atoms with van der Waals surface area (Å²) in [5.41, 5.74) is 2.28. The molecule has 0 unspecified atom stereocenters. The van der Waals surface area contributed by atoms with Crippen LogP contribution < -0.4 is 4.90 Å². The Morgan fingerprint density at radius 1 is 1.11 bits per heavy atom. The molecule has 5 nitrogen and oxygen atoms in total. The first kappa shape index (κ1) is 18.9. The maximum Gasteiger partial charge on any atom is 0.243 e. The van der Waals surface area contributed by atoms with E-state index in [0.717, 1.165) is 21.8 Å². The van der Waals surface area contributed by atoms with Crippen molar-refractivity contribution in [1.29, 1.82) is 0 Å². The Morgan fingerprint density at radius 2 is 1.89 bits per heavy atom. The van der Waals surface area contributed by atoms with E-state index in [2.05, 4.69) is 33.0 Å². The normalized spacial score (nSPS) is 19.1. The van der Waals surface area contributed by atoms with Gasteiger partial charge < -0.3 is 9.64 Å². The van der Waals surface area contributed by atoms with Crippen molar-refractivity contribution in [3.63, 3.8) is 0 Å². The molecular formula is C19H20BrFN2O3S. The fourth-order valence-corrected chi connectivity index (χ4v) is 5.66. The highest BCUT2D eigenvalue weighted by atomic mass is 79.9. The smallest absolute Gasteiger partial charge is 0.243 e. The first-order chi connectivity index (χ1) is 12.9. The summed E-state index contributed by atoms with van der Waals surface area (Å²) in [6.07, 6.45) is 1.40. The van der Waals surface area contributed by atoms with Crippen LogP contribution in [0.15, 0.2) is 51.8 Å². The van der Waals surface area contributed by atoms with Gasteiger partial charge in [-0.05, 0) is 49.2 Å². The molecule has 0 saturated carbocycles. The van der Waals surface area contributed by atoms with Gasteiger partial charge >= 0.3 is 0 Å². The molecule has 0 aliphatic carbocycles. The van der Waals surface area contributed by atoms with Gasteiger partial charge in [0.05, 0.1) is 11.5 Å². The Labute approximate surface area is 166 Å². The molecule has 0 atom stereocenters. The topological polar surface area (TPSA) is 49.9 Å². The lowest BCUT2D eigenvalue weighted by Gasteiger charge is -2.41. The fourth-order valence-electron chi connectivity index (χ4n) is 3.75. The summed E-state index contributed by atoms with van der Waals surface area (Å²) >= 11 is 3.49. The predicted molar refractivity (Wildman–Crippen MR) is 104 cm³/mol. The molecule has 0 radical (unpaired) electrons. The van der Waals surface area contributed by atoms with Crippen molar-refractivity contribution in [3.05, 3.63) is 58.3 Å². The largest absolute Gasteiger partial charge is 0.356 e. The fraction of sp³-hybridized carbons (Fsp3) is 0.368. The molecule has 0 spiro atoms. The van der Waals surface area contributed by atoms with E-state index in [9.17, 15) is 12.8 Å². The summed E-state index contributed by atoms with van der Waals surface area (Å²) in [4.78, 5) is 2.23. The summed E-state index contributed by atoms with van der Waals surface area (Å²) in [5, 5.41) is 0. The van der Waals surface area contributed by atoms with Gasteiger partial charge in [0.25, 0.3) is 0 Å². The summed E-state index contributed by atoms with van der Waals surface area (Å²) in [7, 11) is -3.67. The van der Waals surface area contributed by atoms with Gasteiger partial charge in [-0.25, -0.2) is 12.8 Å². The standard InChI is InChI=1S/C19H20BrFN2O3S/c20-15-4-5-19-14(10-15)12-26-13-23(19)17-6-8-22(9-7-17)27(24,25)18-3-1-2-16(21)11-18/h1-5,10-11,17H,6-9,12-13H2. The molecule has 2 heterocycles. The van der Waals surface area contributed by atoms with Crippen LogP contribution in [0, 0.1) is 5.82 Å². The van der Waals surface area contributed by atoms with Crippen molar-refractivity contribution < 1.29 is 17.5 Å². The van der Waals surface area contributed by atoms with Crippen molar-refractivity contribution in [3.8, 4) is 0 Å². The molecule has 2 aromatic carbocycles. The van der Waals surface area contributed by atoms with Crippen LogP contribution in [0.4, 0.5) is 10.1 Å². The van der Waals surface area contributed by atoms with E-state index in [4.69, 9.17) is 4.74 Å². The number of anilines is 1. The van der Waals surface area contributed by atoms with E-state index in [1.165, 1.54) is 22.5 Å². The average Bonchev–Trinajstić information content (AvgIpc) is 2.67. The number of halogens is 2. The van der Waals surface area contributed by atoms with Crippen molar-refractivity contribution in [1.82, 2.24) is 4.31 Å². The minimum atomic E-state index is -3.67. The molecule has 2 aliphatic heterocycles. The van der Waals surface area contributed by atoms with E-state index < -0.39 is 15.8 Å². The molecule has 2 aromatic rings. The number of hydrogen-bond donors (Lipinski definition) is 0. The SMILES string of the molecule is O=S(=O)(c1cccc(F)c1)N1CCC(N2COCc3cc(Br)ccc32)CC1. The van der Waals surface area contributed by atoms with Crippen molar-refractivity contribution in [2.45, 2.75) is 30.4 Å². The van der Waals surface area contributed by atoms with E-state index >= 15 is 0 Å². The van der Waals surface area contributed by atoms with Crippen LogP contribution in [0.5, 0.6) is 0 Å². The number of ether oxygens (including phenoxy) is 1. The molecule has 1 saturated heterocycles. The first-order valence-electron chi connectivity index (χ1n) is 8.84. The van der Waals surface area contributed by atoms with E-state index in [-0.39, 0.29) is 10.9 Å². The number of piperidine rings is 1. The third-order valence-corrected chi connectivity index (χ3v) is 7.52. The Hall–Kier alpha value is -1.48. The van der Waals surface area contributed by atoms with Gasteiger partial charge in [-0.3, -0.25) is 0 Å². The van der Waals surface area contributed by atoms with Crippen LogP contribution in [-0.2, 0) is 21.4 Å². The zero-order valence-electron chi connectivity index (χ0n) is 14.6. The van der Waals surface area contributed by atoms with Crippen molar-refractivity contribution in [2.75, 3.05) is 24.7 Å². The third-order valence-electron chi connectivity index (χ3n) is 5.14. The number of fused-ring (bicyclic) bond motifs is 1. The van der Waals surface area contributed by atoms with Gasteiger partial charge in [0.15, 0.2) is 0 Å². The highest BCUT2D eigenvalue weighted by Crippen LogP contribution is 2.33. The molecule has 27 heavy (non-hydrogen) atoms. The van der Waals surface area contributed by atoms with Gasteiger partial charge in [-0.1, -0.05) is 22.0 Å². The second-order valence-corrected chi connectivity index (χ2v) is 9.67. The third kappa shape index (κ3) is 3.76. The molecule has 0 N–H and O–H groups in total. The molecule has 4 rings (SSSR count). The molecule has 1 fully saturated rings. The van der Waals surface area contributed by atoms with Crippen LogP contribution in [0.2, 0.25) is 0 Å². The number of hydrogen-bond acceptors (Lipinski definition) is 4. The van der Waals surface area contributed by atoms with Gasteiger partial charge in [0.1, 0.15) is 12.5 Å². The highest BCUT2D eigenvalue weighted by Gasteiger charge is 2.33. The number of sulfonamides is 1. The zero-order valence-corrected chi connectivity index (χ0v) is 17.0. The molecule has 2 aliphatic rings. The summed E-state index contributed by atoms with van der Waals surface area (Å²) in [6.45, 7) is 1.91. The lowest BCUT2D eigenvalue weighted by Crippen LogP contribution is -2.48. The average molecular weight is 455 g/mol. The summed E-state index contributed by atoms with van der Waals surface area (Å²) in [5.74, 6) is -0.542. The predicted octanol–water partition coefficient (Wildman–Crippen LogP) is 3.74. The Bertz CT molecular complexity index is 946. The quantitative estimate of drug-likeness (QED) is 0.708. The molecule has 0 aromatic heterocycles. The summed E-state index contributed by atoms with van der Waals surface area (Å²) in [6, 6.07) is 11.6. The monoisotopic (exact) mass is 454 g/mol. The number of nitrogens with zero attached hydrogens (tertiary/aromatic N) is 2. The van der Waals surface area contributed by atoms with Gasteiger partial charge in [0.2, 0.25) is 10.0 Å². The molecule has 144 valence electrons. The first-order valence-corrected chi connectivity index (χ1v) is 11.1. The summed E-state index contributed by atoms with van der Waals surface area (Å²) < 4.78 is 47.2. The Morgan fingerprint density at radius 3 is 2.63 bits per heavy atom. The zero-order chi connectivity index (χ0) is 19.0. The minimum absolute atomic E-state index is 0.0115.